The molecule has 5 aromatic rings. The summed E-state index contributed by atoms with van der Waals surface area (Å²) in [6, 6.07) is 22.1. The molecule has 0 aliphatic carbocycles. The van der Waals surface area contributed by atoms with Crippen LogP contribution in [0.2, 0.25) is 0 Å². The van der Waals surface area contributed by atoms with Gasteiger partial charge in [0.05, 0.1) is 11.4 Å². The minimum absolute atomic E-state index is 0.0621. The van der Waals surface area contributed by atoms with E-state index >= 15 is 0 Å². The number of nitrogen functional groups attached to an aromatic ring is 1. The van der Waals surface area contributed by atoms with E-state index < -0.39 is 11.9 Å². The molecule has 4 aliphatic rings. The highest BCUT2D eigenvalue weighted by Crippen LogP contribution is 2.36. The Kier molecular flexibility index (Phi) is 12.5. The van der Waals surface area contributed by atoms with Gasteiger partial charge in [-0.1, -0.05) is 24.3 Å². The number of hydrogen-bond donors (Lipinski definition) is 3. The number of fused-ring (bicyclic) bond motifs is 2. The number of carbonyl (C=O) groups is 5. The molecule has 332 valence electrons. The Morgan fingerprint density at radius 1 is 0.828 bits per heavy atom. The molecule has 5 amide bonds. The zero-order chi connectivity index (χ0) is 44.2. The number of nitrogens with one attached hydrogen (secondary N) is 2. The third-order valence-corrected chi connectivity index (χ3v) is 12.8. The predicted molar refractivity (Wildman–Crippen MR) is 239 cm³/mol. The first-order valence-corrected chi connectivity index (χ1v) is 22.3. The molecule has 4 aliphatic heterocycles. The summed E-state index contributed by atoms with van der Waals surface area (Å²) in [5.41, 5.74) is 10.8. The predicted octanol–water partition coefficient (Wildman–Crippen LogP) is 4.61. The van der Waals surface area contributed by atoms with E-state index in [2.05, 4.69) is 25.5 Å². The van der Waals surface area contributed by atoms with Crippen molar-refractivity contribution < 1.29 is 28.7 Å². The fraction of sp³-hybridized carbons (Fsp3) is 0.404. The van der Waals surface area contributed by atoms with Gasteiger partial charge >= 0.3 is 0 Å². The van der Waals surface area contributed by atoms with Crippen LogP contribution >= 0.6 is 0 Å². The lowest BCUT2D eigenvalue weighted by molar-refractivity contribution is -0.137. The van der Waals surface area contributed by atoms with Crippen LogP contribution in [0.3, 0.4) is 0 Å². The van der Waals surface area contributed by atoms with Gasteiger partial charge in [-0.15, -0.1) is 0 Å². The highest BCUT2D eigenvalue weighted by Gasteiger charge is 2.40. The molecule has 3 saturated heterocycles. The number of benzene rings is 3. The smallest absolute Gasteiger partial charge is 0.255 e. The molecule has 2 atom stereocenters. The minimum Gasteiger partial charge on any atom is -0.457 e. The number of hydrogen-bond acceptors (Lipinski definition) is 12. The zero-order valence-corrected chi connectivity index (χ0v) is 35.8. The number of nitrogens with zero attached hydrogens (tertiary/aromatic N) is 8. The number of anilines is 2. The van der Waals surface area contributed by atoms with Crippen LogP contribution in [0.5, 0.6) is 11.5 Å². The summed E-state index contributed by atoms with van der Waals surface area (Å²) in [5.74, 6) is 1.10. The first kappa shape index (κ1) is 42.4. The van der Waals surface area contributed by atoms with Crippen LogP contribution < -0.4 is 21.1 Å². The average molecular weight is 868 g/mol. The maximum atomic E-state index is 13.6. The van der Waals surface area contributed by atoms with Gasteiger partial charge in [0.2, 0.25) is 23.6 Å². The van der Waals surface area contributed by atoms with Crippen LogP contribution in [0.4, 0.5) is 11.5 Å². The fourth-order valence-electron chi connectivity index (χ4n) is 9.34. The Hall–Kier alpha value is -6.88. The molecule has 0 bridgehead atoms. The largest absolute Gasteiger partial charge is 0.457 e. The first-order chi connectivity index (χ1) is 31.2. The van der Waals surface area contributed by atoms with Gasteiger partial charge in [0.15, 0.2) is 5.65 Å². The molecule has 3 fully saturated rings. The van der Waals surface area contributed by atoms with Crippen LogP contribution in [0, 0.1) is 0 Å². The van der Waals surface area contributed by atoms with Crippen molar-refractivity contribution in [2.75, 3.05) is 63.4 Å². The molecule has 6 heterocycles. The second kappa shape index (κ2) is 18.8. The van der Waals surface area contributed by atoms with Crippen molar-refractivity contribution in [1.29, 1.82) is 0 Å². The molecule has 3 aromatic carbocycles. The number of imide groups is 1. The van der Waals surface area contributed by atoms with E-state index in [1.807, 2.05) is 81.2 Å². The highest BCUT2D eigenvalue weighted by atomic mass is 16.5. The molecule has 17 nitrogen and oxygen atoms in total. The van der Waals surface area contributed by atoms with E-state index in [1.54, 1.807) is 11.0 Å². The Morgan fingerprint density at radius 3 is 2.39 bits per heavy atom. The minimum atomic E-state index is -0.666. The van der Waals surface area contributed by atoms with Gasteiger partial charge in [0.1, 0.15) is 35.4 Å². The van der Waals surface area contributed by atoms with E-state index in [0.717, 1.165) is 61.5 Å². The Labute approximate surface area is 370 Å². The number of carbonyl (C=O) groups excluding carboxylic acids is 5. The van der Waals surface area contributed by atoms with Crippen molar-refractivity contribution in [3.8, 4) is 22.8 Å². The number of aromatic nitrogens is 4. The topological polar surface area (TPSA) is 201 Å². The number of likely N-dealkylation sites (tertiary alicyclic amines) is 1. The number of rotatable bonds is 14. The number of ether oxygens (including phenoxy) is 1. The zero-order valence-electron chi connectivity index (χ0n) is 35.8. The van der Waals surface area contributed by atoms with Crippen molar-refractivity contribution in [2.45, 2.75) is 70.0 Å². The second-order valence-electron chi connectivity index (χ2n) is 16.9. The van der Waals surface area contributed by atoms with Crippen LogP contribution in [0.15, 0.2) is 79.1 Å². The standard InChI is InChI=1S/C47H53N11O6/c48-44-42-43(31-15-17-34(18-16-31)64-33-9-2-1-3-10-33)53-58(45(42)51-30-50-44)32-8-6-23-56(28-32)41(61)14-7-22-54-24-26-55(27-25-54)40(60)13-5-21-49-37-12-4-11-35-36(37)29-57(47(35)63)38-19-20-39(59)52-46(38)62/h1-4,9-12,15-18,30,32,38,49H,5-8,13-14,19-29H2,(H2,48,50,51)(H,52,59,62). The monoisotopic (exact) mass is 867 g/mol. The van der Waals surface area contributed by atoms with Crippen molar-refractivity contribution in [3.05, 3.63) is 90.3 Å². The summed E-state index contributed by atoms with van der Waals surface area (Å²) in [6.07, 6.45) is 5.92. The van der Waals surface area contributed by atoms with Gasteiger partial charge in [-0.25, -0.2) is 14.6 Å². The van der Waals surface area contributed by atoms with E-state index in [9.17, 15) is 24.0 Å². The lowest BCUT2D eigenvalue weighted by Gasteiger charge is -2.35. The third kappa shape index (κ3) is 9.11. The van der Waals surface area contributed by atoms with E-state index in [4.69, 9.17) is 15.6 Å². The van der Waals surface area contributed by atoms with Gasteiger partial charge in [-0.05, 0) is 87.2 Å². The molecular formula is C47H53N11O6. The maximum Gasteiger partial charge on any atom is 0.255 e. The van der Waals surface area contributed by atoms with Gasteiger partial charge in [-0.3, -0.25) is 34.2 Å². The summed E-state index contributed by atoms with van der Waals surface area (Å²) in [7, 11) is 0. The normalized spacial score (nSPS) is 19.2. The van der Waals surface area contributed by atoms with Crippen LogP contribution in [0.25, 0.3) is 22.3 Å². The van der Waals surface area contributed by atoms with Crippen molar-refractivity contribution in [1.82, 2.24) is 44.7 Å². The summed E-state index contributed by atoms with van der Waals surface area (Å²) < 4.78 is 7.92. The second-order valence-corrected chi connectivity index (χ2v) is 16.9. The number of amides is 5. The van der Waals surface area contributed by atoms with Gasteiger partial charge in [0.25, 0.3) is 5.91 Å². The summed E-state index contributed by atoms with van der Waals surface area (Å²) in [4.78, 5) is 80.6. The Bertz CT molecular complexity index is 2540. The van der Waals surface area contributed by atoms with E-state index in [-0.39, 0.29) is 36.1 Å². The lowest BCUT2D eigenvalue weighted by atomic mass is 10.0. The molecule has 2 aromatic heterocycles. The van der Waals surface area contributed by atoms with Crippen LogP contribution in [-0.2, 0) is 25.7 Å². The molecule has 17 heteroatoms. The summed E-state index contributed by atoms with van der Waals surface area (Å²) in [5, 5.41) is 11.5. The van der Waals surface area contributed by atoms with Gasteiger partial charge in [0, 0.05) is 94.0 Å². The molecular weight excluding hydrogens is 815 g/mol. The van der Waals surface area contributed by atoms with Crippen molar-refractivity contribution in [3.63, 3.8) is 0 Å². The Balaban J connectivity index is 0.711. The van der Waals surface area contributed by atoms with E-state index in [0.29, 0.717) is 98.8 Å². The molecule has 0 saturated carbocycles. The third-order valence-electron chi connectivity index (χ3n) is 12.8. The summed E-state index contributed by atoms with van der Waals surface area (Å²) in [6.45, 7) is 5.71. The molecule has 0 spiro atoms. The molecule has 0 radical (unpaired) electrons. The quantitative estimate of drug-likeness (QED) is 0.104. The number of nitrogens with two attached hydrogens (primary N) is 1. The van der Waals surface area contributed by atoms with Gasteiger partial charge in [-0.2, -0.15) is 5.10 Å². The average Bonchev–Trinajstić information content (AvgIpc) is 3.87. The maximum absolute atomic E-state index is 13.6. The lowest BCUT2D eigenvalue weighted by Crippen LogP contribution is -2.52. The number of piperazine rings is 1. The van der Waals surface area contributed by atoms with Gasteiger partial charge < -0.3 is 30.5 Å². The summed E-state index contributed by atoms with van der Waals surface area (Å²) >= 11 is 0. The van der Waals surface area contributed by atoms with E-state index in [1.165, 1.54) is 6.33 Å². The highest BCUT2D eigenvalue weighted by molar-refractivity contribution is 6.06. The van der Waals surface area contributed by atoms with Crippen LogP contribution in [-0.4, -0.2) is 127 Å². The number of para-hydroxylation sites is 1. The molecule has 9 rings (SSSR count). The Morgan fingerprint density at radius 2 is 1.59 bits per heavy atom. The molecule has 64 heavy (non-hydrogen) atoms. The molecule has 4 N–H and O–H groups in total. The van der Waals surface area contributed by atoms with Crippen molar-refractivity contribution in [2.24, 2.45) is 0 Å². The van der Waals surface area contributed by atoms with Crippen LogP contribution in [0.1, 0.15) is 73.3 Å². The SMILES string of the molecule is Nc1ncnc2c1c(-c1ccc(Oc3ccccc3)cc1)nn2C1CCCN(C(=O)CCCN2CCN(C(=O)CCCNc3cccc4c3CN(C3CCC(=O)NC3=O)C4=O)CC2)C1. The first-order valence-electron chi connectivity index (χ1n) is 22.3. The van der Waals surface area contributed by atoms with Crippen molar-refractivity contribution >= 4 is 52.1 Å². The molecule has 2 unspecified atom stereocenters. The number of piperidine rings is 2. The fourth-order valence-corrected chi connectivity index (χ4v) is 9.34.